The molecule has 3 aromatic rings. The van der Waals surface area contributed by atoms with Gasteiger partial charge in [0.05, 0.1) is 0 Å². The first-order valence-corrected chi connectivity index (χ1v) is 8.71. The first-order valence-electron chi connectivity index (χ1n) is 8.71. The van der Waals surface area contributed by atoms with Crippen molar-refractivity contribution in [1.29, 1.82) is 0 Å². The van der Waals surface area contributed by atoms with Crippen molar-refractivity contribution in [2.24, 2.45) is 0 Å². The van der Waals surface area contributed by atoms with E-state index in [-0.39, 0.29) is 5.91 Å². The maximum Gasteiger partial charge on any atom is 0.227 e. The fraction of sp³-hybridized carbons (Fsp3) is 0.286. The molecule has 3 rings (SSSR count). The number of benzene rings is 2. The van der Waals surface area contributed by atoms with Crippen molar-refractivity contribution in [3.8, 4) is 11.4 Å². The van der Waals surface area contributed by atoms with Crippen molar-refractivity contribution >= 4 is 5.91 Å². The highest BCUT2D eigenvalue weighted by Crippen LogP contribution is 2.17. The van der Waals surface area contributed by atoms with Crippen LogP contribution in [0.3, 0.4) is 0 Å². The summed E-state index contributed by atoms with van der Waals surface area (Å²) in [7, 11) is 1.82. The second-order valence-electron chi connectivity index (χ2n) is 6.55. The van der Waals surface area contributed by atoms with E-state index in [4.69, 9.17) is 4.52 Å². The fourth-order valence-corrected chi connectivity index (χ4v) is 2.71. The Balaban J connectivity index is 1.56. The lowest BCUT2D eigenvalue weighted by molar-refractivity contribution is -0.130. The molecule has 1 aromatic heterocycles. The zero-order valence-corrected chi connectivity index (χ0v) is 15.4. The van der Waals surface area contributed by atoms with E-state index in [0.717, 1.165) is 11.1 Å². The van der Waals surface area contributed by atoms with Gasteiger partial charge in [0.2, 0.25) is 17.6 Å². The normalized spacial score (nSPS) is 10.7. The van der Waals surface area contributed by atoms with E-state index in [1.807, 2.05) is 56.4 Å². The summed E-state index contributed by atoms with van der Waals surface area (Å²) in [6.45, 7) is 4.69. The Labute approximate surface area is 153 Å². The number of amides is 1. The van der Waals surface area contributed by atoms with E-state index in [1.54, 1.807) is 4.90 Å². The molecule has 2 aromatic carbocycles. The van der Waals surface area contributed by atoms with Crippen molar-refractivity contribution in [3.63, 3.8) is 0 Å². The molecule has 0 spiro atoms. The topological polar surface area (TPSA) is 59.2 Å². The van der Waals surface area contributed by atoms with Crippen LogP contribution in [0, 0.1) is 13.8 Å². The van der Waals surface area contributed by atoms with Crippen LogP contribution in [0.25, 0.3) is 11.4 Å². The average Bonchev–Trinajstić information content (AvgIpc) is 3.11. The lowest BCUT2D eigenvalue weighted by Gasteiger charge is -2.18. The van der Waals surface area contributed by atoms with Gasteiger partial charge in [0.25, 0.3) is 0 Å². The lowest BCUT2D eigenvalue weighted by atomic mass is 10.1. The molecule has 0 saturated heterocycles. The predicted molar refractivity (Wildman–Crippen MR) is 100 cm³/mol. The third-order valence-electron chi connectivity index (χ3n) is 4.43. The first kappa shape index (κ1) is 17.9. The standard InChI is InChI=1S/C21H23N3O2/c1-15-8-10-17(11-9-15)21-22-19(26-23-21)12-13-20(25)24(3)14-18-7-5-4-6-16(18)2/h4-11H,12-14H2,1-3H3. The number of aryl methyl sites for hydroxylation is 3. The molecule has 0 aliphatic heterocycles. The molecule has 1 heterocycles. The summed E-state index contributed by atoms with van der Waals surface area (Å²) in [4.78, 5) is 18.5. The monoisotopic (exact) mass is 349 g/mol. The number of nitrogens with zero attached hydrogens (tertiary/aromatic N) is 3. The summed E-state index contributed by atoms with van der Waals surface area (Å²) >= 11 is 0. The molecule has 0 aliphatic rings. The van der Waals surface area contributed by atoms with Crippen molar-refractivity contribution in [1.82, 2.24) is 15.0 Å². The van der Waals surface area contributed by atoms with Gasteiger partial charge in [-0.05, 0) is 25.0 Å². The molecule has 0 N–H and O–H groups in total. The van der Waals surface area contributed by atoms with Gasteiger partial charge < -0.3 is 9.42 Å². The van der Waals surface area contributed by atoms with E-state index in [0.29, 0.717) is 31.1 Å². The molecule has 0 radical (unpaired) electrons. The van der Waals surface area contributed by atoms with Crippen LogP contribution in [0.1, 0.15) is 29.0 Å². The van der Waals surface area contributed by atoms with Crippen LogP contribution >= 0.6 is 0 Å². The quantitative estimate of drug-likeness (QED) is 0.676. The summed E-state index contributed by atoms with van der Waals surface area (Å²) in [6, 6.07) is 16.0. The molecular formula is C21H23N3O2. The largest absolute Gasteiger partial charge is 0.341 e. The Hall–Kier alpha value is -2.95. The Kier molecular flexibility index (Phi) is 5.46. The summed E-state index contributed by atoms with van der Waals surface area (Å²) in [6.07, 6.45) is 0.785. The number of carbonyl (C=O) groups is 1. The van der Waals surface area contributed by atoms with Crippen molar-refractivity contribution in [2.45, 2.75) is 33.2 Å². The third-order valence-corrected chi connectivity index (χ3v) is 4.43. The predicted octanol–water partition coefficient (Wildman–Crippen LogP) is 3.94. The number of rotatable bonds is 6. The summed E-state index contributed by atoms with van der Waals surface area (Å²) < 4.78 is 5.28. The molecule has 0 bridgehead atoms. The van der Waals surface area contributed by atoms with Crippen molar-refractivity contribution in [2.75, 3.05) is 7.05 Å². The summed E-state index contributed by atoms with van der Waals surface area (Å²) in [5.41, 5.74) is 4.43. The average molecular weight is 349 g/mol. The number of carbonyl (C=O) groups excluding carboxylic acids is 1. The number of aromatic nitrogens is 2. The minimum Gasteiger partial charge on any atom is -0.341 e. The van der Waals surface area contributed by atoms with E-state index in [1.165, 1.54) is 11.1 Å². The third kappa shape index (κ3) is 4.36. The zero-order chi connectivity index (χ0) is 18.5. The van der Waals surface area contributed by atoms with Crippen LogP contribution in [0.2, 0.25) is 0 Å². The maximum absolute atomic E-state index is 12.4. The van der Waals surface area contributed by atoms with Crippen LogP contribution in [-0.2, 0) is 17.8 Å². The second-order valence-corrected chi connectivity index (χ2v) is 6.55. The molecule has 134 valence electrons. The zero-order valence-electron chi connectivity index (χ0n) is 15.4. The van der Waals surface area contributed by atoms with Gasteiger partial charge in [-0.1, -0.05) is 59.3 Å². The molecule has 1 amide bonds. The highest BCUT2D eigenvalue weighted by atomic mass is 16.5. The second kappa shape index (κ2) is 7.95. The molecule has 0 fully saturated rings. The number of hydrogen-bond donors (Lipinski definition) is 0. The number of hydrogen-bond acceptors (Lipinski definition) is 4. The SMILES string of the molecule is Cc1ccc(-c2noc(CCC(=O)N(C)Cc3ccccc3C)n2)cc1. The molecule has 0 unspecified atom stereocenters. The van der Waals surface area contributed by atoms with Gasteiger partial charge in [0.15, 0.2) is 0 Å². The van der Waals surface area contributed by atoms with Crippen LogP contribution in [0.5, 0.6) is 0 Å². The minimum absolute atomic E-state index is 0.0586. The minimum atomic E-state index is 0.0586. The highest BCUT2D eigenvalue weighted by molar-refractivity contribution is 5.76. The molecule has 26 heavy (non-hydrogen) atoms. The maximum atomic E-state index is 12.4. The van der Waals surface area contributed by atoms with E-state index in [2.05, 4.69) is 23.1 Å². The summed E-state index contributed by atoms with van der Waals surface area (Å²) in [5, 5.41) is 4.01. The van der Waals surface area contributed by atoms with E-state index < -0.39 is 0 Å². The van der Waals surface area contributed by atoms with Gasteiger partial charge in [-0.25, -0.2) is 0 Å². The Morgan fingerprint density at radius 3 is 2.54 bits per heavy atom. The smallest absolute Gasteiger partial charge is 0.227 e. The van der Waals surface area contributed by atoms with Crippen molar-refractivity contribution in [3.05, 3.63) is 71.1 Å². The molecular weight excluding hydrogens is 326 g/mol. The van der Waals surface area contributed by atoms with Crippen LogP contribution in [0.15, 0.2) is 53.1 Å². The Bertz CT molecular complexity index is 884. The van der Waals surface area contributed by atoms with Gasteiger partial charge in [-0.3, -0.25) is 4.79 Å². The van der Waals surface area contributed by atoms with Crippen LogP contribution in [0.4, 0.5) is 0 Å². The van der Waals surface area contributed by atoms with Gasteiger partial charge in [0.1, 0.15) is 0 Å². The Morgan fingerprint density at radius 2 is 1.81 bits per heavy atom. The fourth-order valence-electron chi connectivity index (χ4n) is 2.71. The molecule has 0 aliphatic carbocycles. The highest BCUT2D eigenvalue weighted by Gasteiger charge is 2.14. The van der Waals surface area contributed by atoms with Gasteiger partial charge in [-0.2, -0.15) is 4.98 Å². The molecule has 5 heteroatoms. The molecule has 0 atom stereocenters. The Morgan fingerprint density at radius 1 is 1.08 bits per heavy atom. The van der Waals surface area contributed by atoms with Gasteiger partial charge in [-0.15, -0.1) is 0 Å². The van der Waals surface area contributed by atoms with Crippen LogP contribution < -0.4 is 0 Å². The molecule has 0 saturated carbocycles. The van der Waals surface area contributed by atoms with Crippen LogP contribution in [-0.4, -0.2) is 28.0 Å². The van der Waals surface area contributed by atoms with Gasteiger partial charge in [0, 0.05) is 32.0 Å². The van der Waals surface area contributed by atoms with Crippen molar-refractivity contribution < 1.29 is 9.32 Å². The summed E-state index contributed by atoms with van der Waals surface area (Å²) in [5.74, 6) is 1.10. The first-order chi connectivity index (χ1) is 12.5. The van der Waals surface area contributed by atoms with Gasteiger partial charge >= 0.3 is 0 Å². The van der Waals surface area contributed by atoms with E-state index in [9.17, 15) is 4.79 Å². The lowest BCUT2D eigenvalue weighted by Crippen LogP contribution is -2.26. The molecule has 5 nitrogen and oxygen atoms in total. The van der Waals surface area contributed by atoms with E-state index >= 15 is 0 Å².